The number of benzene rings is 2. The molecule has 0 saturated carbocycles. The second-order valence-electron chi connectivity index (χ2n) is 4.95. The Morgan fingerprint density at radius 2 is 1.87 bits per heavy atom. The molecule has 0 aliphatic heterocycles. The smallest absolute Gasteiger partial charge is 0.264 e. The van der Waals surface area contributed by atoms with Crippen molar-refractivity contribution in [3.8, 4) is 5.75 Å². The number of rotatable bonds is 6. The van der Waals surface area contributed by atoms with Gasteiger partial charge in [-0.1, -0.05) is 12.1 Å². The molecule has 0 bridgehead atoms. The van der Waals surface area contributed by atoms with Crippen LogP contribution >= 0.6 is 0 Å². The third-order valence-electron chi connectivity index (χ3n) is 3.30. The highest BCUT2D eigenvalue weighted by molar-refractivity contribution is 7.92. The fourth-order valence-electron chi connectivity index (χ4n) is 2.17. The van der Waals surface area contributed by atoms with Crippen molar-refractivity contribution in [2.45, 2.75) is 11.8 Å². The van der Waals surface area contributed by atoms with E-state index in [-0.39, 0.29) is 11.4 Å². The van der Waals surface area contributed by atoms with Gasteiger partial charge in [0.1, 0.15) is 11.6 Å². The molecule has 0 aliphatic rings. The largest absolute Gasteiger partial charge is 0.495 e. The Hall–Kier alpha value is -2.34. The van der Waals surface area contributed by atoms with E-state index in [9.17, 15) is 12.8 Å². The van der Waals surface area contributed by atoms with Crippen LogP contribution in [0.1, 0.15) is 5.56 Å². The quantitative estimate of drug-likeness (QED) is 0.759. The number of halogens is 1. The van der Waals surface area contributed by atoms with E-state index < -0.39 is 15.8 Å². The van der Waals surface area contributed by atoms with E-state index in [0.717, 1.165) is 17.7 Å². The molecule has 6 heteroatoms. The summed E-state index contributed by atoms with van der Waals surface area (Å²) in [5.41, 5.74) is 1.31. The van der Waals surface area contributed by atoms with Gasteiger partial charge in [0.2, 0.25) is 0 Å². The maximum Gasteiger partial charge on any atom is 0.264 e. The Labute approximate surface area is 135 Å². The third kappa shape index (κ3) is 3.53. The van der Waals surface area contributed by atoms with Crippen molar-refractivity contribution in [2.75, 3.05) is 18.0 Å². The van der Waals surface area contributed by atoms with Gasteiger partial charge in [-0.05, 0) is 48.9 Å². The lowest BCUT2D eigenvalue weighted by Crippen LogP contribution is -2.31. The average molecular weight is 335 g/mol. The summed E-state index contributed by atoms with van der Waals surface area (Å²) in [6.45, 7) is 5.55. The first-order valence-electron chi connectivity index (χ1n) is 6.94. The highest BCUT2D eigenvalue weighted by atomic mass is 32.2. The van der Waals surface area contributed by atoms with Crippen LogP contribution in [-0.2, 0) is 10.0 Å². The molecule has 0 heterocycles. The summed E-state index contributed by atoms with van der Waals surface area (Å²) >= 11 is 0. The predicted molar refractivity (Wildman–Crippen MR) is 88.9 cm³/mol. The fourth-order valence-corrected chi connectivity index (χ4v) is 3.61. The van der Waals surface area contributed by atoms with Gasteiger partial charge in [0.05, 0.1) is 24.2 Å². The SMILES string of the molecule is C=CCN(c1cc(C)ccc1OC)S(=O)(=O)c1ccc(F)cc1. The monoisotopic (exact) mass is 335 g/mol. The topological polar surface area (TPSA) is 46.6 Å². The number of anilines is 1. The van der Waals surface area contributed by atoms with E-state index in [4.69, 9.17) is 4.74 Å². The highest BCUT2D eigenvalue weighted by Gasteiger charge is 2.26. The molecule has 0 unspecified atom stereocenters. The summed E-state index contributed by atoms with van der Waals surface area (Å²) in [5.74, 6) is -0.0597. The zero-order chi connectivity index (χ0) is 17.0. The van der Waals surface area contributed by atoms with Crippen molar-refractivity contribution in [3.63, 3.8) is 0 Å². The Balaban J connectivity index is 2.60. The first-order chi connectivity index (χ1) is 10.9. The first-order valence-corrected chi connectivity index (χ1v) is 8.38. The molecule has 0 amide bonds. The molecule has 0 N–H and O–H groups in total. The molecule has 0 saturated heterocycles. The summed E-state index contributed by atoms with van der Waals surface area (Å²) in [5, 5.41) is 0. The normalized spacial score (nSPS) is 11.1. The molecule has 0 fully saturated rings. The highest BCUT2D eigenvalue weighted by Crippen LogP contribution is 2.33. The van der Waals surface area contributed by atoms with Crippen LogP contribution in [-0.4, -0.2) is 22.1 Å². The number of aryl methyl sites for hydroxylation is 1. The minimum absolute atomic E-state index is 0.00399. The molecule has 0 aromatic heterocycles. The van der Waals surface area contributed by atoms with Gasteiger partial charge in [-0.3, -0.25) is 4.31 Å². The van der Waals surface area contributed by atoms with Gasteiger partial charge in [-0.15, -0.1) is 6.58 Å². The van der Waals surface area contributed by atoms with Crippen LogP contribution in [0.3, 0.4) is 0 Å². The first kappa shape index (κ1) is 17.0. The van der Waals surface area contributed by atoms with Crippen molar-refractivity contribution in [1.82, 2.24) is 0 Å². The number of methoxy groups -OCH3 is 1. The summed E-state index contributed by atoms with van der Waals surface area (Å²) < 4.78 is 45.4. The molecule has 2 rings (SSSR count). The number of nitrogens with zero attached hydrogens (tertiary/aromatic N) is 1. The molecule has 2 aromatic rings. The molecule has 0 spiro atoms. The Kier molecular flexibility index (Phi) is 5.05. The van der Waals surface area contributed by atoms with Crippen molar-refractivity contribution >= 4 is 15.7 Å². The third-order valence-corrected chi connectivity index (χ3v) is 5.09. The van der Waals surface area contributed by atoms with Crippen molar-refractivity contribution in [1.29, 1.82) is 0 Å². The molecule has 122 valence electrons. The number of ether oxygens (including phenoxy) is 1. The molecule has 0 aliphatic carbocycles. The zero-order valence-corrected chi connectivity index (χ0v) is 13.8. The minimum Gasteiger partial charge on any atom is -0.495 e. The number of hydrogen-bond donors (Lipinski definition) is 0. The van der Waals surface area contributed by atoms with Crippen LogP contribution in [0.2, 0.25) is 0 Å². The second kappa shape index (κ2) is 6.83. The fraction of sp³-hybridized carbons (Fsp3) is 0.176. The molecular weight excluding hydrogens is 317 g/mol. The minimum atomic E-state index is -3.87. The zero-order valence-electron chi connectivity index (χ0n) is 13.0. The number of sulfonamides is 1. The van der Waals surface area contributed by atoms with E-state index in [1.54, 1.807) is 12.1 Å². The Morgan fingerprint density at radius 3 is 2.43 bits per heavy atom. The average Bonchev–Trinajstić information content (AvgIpc) is 2.53. The van der Waals surface area contributed by atoms with Crippen LogP contribution in [0.4, 0.5) is 10.1 Å². The van der Waals surface area contributed by atoms with Gasteiger partial charge in [-0.2, -0.15) is 0 Å². The standard InChI is InChI=1S/C17H18FNO3S/c1-4-11-19(16-12-13(2)5-10-17(16)22-3)23(20,21)15-8-6-14(18)7-9-15/h4-10,12H,1,11H2,2-3H3. The summed E-state index contributed by atoms with van der Waals surface area (Å²) in [6.07, 6.45) is 1.49. The second-order valence-corrected chi connectivity index (χ2v) is 6.82. The van der Waals surface area contributed by atoms with Crippen molar-refractivity contribution in [2.24, 2.45) is 0 Å². The van der Waals surface area contributed by atoms with Crippen molar-refractivity contribution < 1.29 is 17.5 Å². The van der Waals surface area contributed by atoms with E-state index in [1.807, 2.05) is 13.0 Å². The van der Waals surface area contributed by atoms with Gasteiger partial charge >= 0.3 is 0 Å². The van der Waals surface area contributed by atoms with Gasteiger partial charge in [0.15, 0.2) is 0 Å². The van der Waals surface area contributed by atoms with Crippen LogP contribution in [0.5, 0.6) is 5.75 Å². The molecule has 2 aromatic carbocycles. The lowest BCUT2D eigenvalue weighted by Gasteiger charge is -2.25. The molecule has 0 atom stereocenters. The molecule has 4 nitrogen and oxygen atoms in total. The van der Waals surface area contributed by atoms with Crippen LogP contribution in [0, 0.1) is 12.7 Å². The van der Waals surface area contributed by atoms with Gasteiger partial charge in [-0.25, -0.2) is 12.8 Å². The maximum absolute atomic E-state index is 13.1. The van der Waals surface area contributed by atoms with Crippen LogP contribution in [0.15, 0.2) is 60.0 Å². The maximum atomic E-state index is 13.1. The lowest BCUT2D eigenvalue weighted by molar-refractivity contribution is 0.415. The van der Waals surface area contributed by atoms with E-state index in [1.165, 1.54) is 29.6 Å². The Morgan fingerprint density at radius 1 is 1.22 bits per heavy atom. The van der Waals surface area contributed by atoms with E-state index in [2.05, 4.69) is 6.58 Å². The van der Waals surface area contributed by atoms with Crippen LogP contribution < -0.4 is 9.04 Å². The molecule has 23 heavy (non-hydrogen) atoms. The number of hydrogen-bond acceptors (Lipinski definition) is 3. The van der Waals surface area contributed by atoms with Gasteiger partial charge < -0.3 is 4.74 Å². The van der Waals surface area contributed by atoms with E-state index in [0.29, 0.717) is 11.4 Å². The summed E-state index contributed by atoms with van der Waals surface area (Å²) in [7, 11) is -2.39. The molecular formula is C17H18FNO3S. The predicted octanol–water partition coefficient (Wildman–Crippen LogP) is 3.52. The molecule has 0 radical (unpaired) electrons. The summed E-state index contributed by atoms with van der Waals surface area (Å²) in [6, 6.07) is 9.98. The lowest BCUT2D eigenvalue weighted by atomic mass is 10.2. The van der Waals surface area contributed by atoms with Gasteiger partial charge in [0.25, 0.3) is 10.0 Å². The van der Waals surface area contributed by atoms with E-state index >= 15 is 0 Å². The van der Waals surface area contributed by atoms with Crippen molar-refractivity contribution in [3.05, 3.63) is 66.5 Å². The Bertz CT molecular complexity index is 801. The summed E-state index contributed by atoms with van der Waals surface area (Å²) in [4.78, 5) is 0.00399. The van der Waals surface area contributed by atoms with Crippen LogP contribution in [0.25, 0.3) is 0 Å². The van der Waals surface area contributed by atoms with Gasteiger partial charge in [0, 0.05) is 0 Å².